The fourth-order valence-corrected chi connectivity index (χ4v) is 5.06. The average molecular weight is 623 g/mol. The van der Waals surface area contributed by atoms with Crippen molar-refractivity contribution >= 4 is 0 Å². The van der Waals surface area contributed by atoms with E-state index in [0.29, 0.717) is 0 Å². The van der Waals surface area contributed by atoms with Crippen LogP contribution in [0.1, 0.15) is 22.3 Å². The Morgan fingerprint density at radius 2 is 0.889 bits per heavy atom. The van der Waals surface area contributed by atoms with Crippen LogP contribution >= 0.6 is 0 Å². The van der Waals surface area contributed by atoms with E-state index >= 15 is 0 Å². The lowest BCUT2D eigenvalue weighted by Gasteiger charge is -2.46. The minimum atomic E-state index is -4.58. The Hall–Kier alpha value is -3.57. The molecular weight excluding hydrogens is 585 g/mol. The maximum Gasteiger partial charge on any atom is 0.411 e. The first-order chi connectivity index (χ1) is 21.9. The fraction of sp³-hybridized carbons (Fsp3) is 0.333. The second-order valence-electron chi connectivity index (χ2n) is 10.8. The molecule has 0 amide bonds. The molecule has 4 aromatic carbocycles. The van der Waals surface area contributed by atoms with Gasteiger partial charge in [0.1, 0.15) is 31.0 Å². The third kappa shape index (κ3) is 10.5. The minimum absolute atomic E-state index is 0.0246. The van der Waals surface area contributed by atoms with Gasteiger partial charge in [-0.3, -0.25) is 0 Å². The highest BCUT2D eigenvalue weighted by molar-refractivity contribution is 5.16. The number of ether oxygens (including phenoxy) is 6. The standard InChI is InChI=1S/C36H37F3O6/c37-36(38,39)26-44-35-34(43-24-30-19-11-4-12-20-30)33(42-23-29-17-9-3-10-18-29)32(41-22-28-15-7-2-8-16-28)31(45-35)25-40-21-27-13-5-1-6-14-27/h1-20,31-35H,21-26H2/t31-,32-,33+,34+,35+/m1/s1. The van der Waals surface area contributed by atoms with E-state index in [1.807, 2.05) is 121 Å². The molecule has 6 nitrogen and oxygen atoms in total. The molecule has 4 aromatic rings. The Kier molecular flexibility index (Phi) is 12.1. The van der Waals surface area contributed by atoms with Crippen LogP contribution in [0.4, 0.5) is 13.2 Å². The number of halogens is 3. The summed E-state index contributed by atoms with van der Waals surface area (Å²) in [7, 11) is 0. The molecule has 0 spiro atoms. The zero-order chi connectivity index (χ0) is 31.3. The van der Waals surface area contributed by atoms with Gasteiger partial charge < -0.3 is 28.4 Å². The van der Waals surface area contributed by atoms with E-state index in [1.54, 1.807) is 0 Å². The van der Waals surface area contributed by atoms with Crippen LogP contribution in [0, 0.1) is 0 Å². The van der Waals surface area contributed by atoms with Crippen LogP contribution in [0.2, 0.25) is 0 Å². The second kappa shape index (κ2) is 16.7. The van der Waals surface area contributed by atoms with Crippen LogP contribution < -0.4 is 0 Å². The highest BCUT2D eigenvalue weighted by Gasteiger charge is 2.50. The highest BCUT2D eigenvalue weighted by Crippen LogP contribution is 2.32. The second-order valence-corrected chi connectivity index (χ2v) is 10.8. The largest absolute Gasteiger partial charge is 0.411 e. The van der Waals surface area contributed by atoms with Gasteiger partial charge in [0, 0.05) is 0 Å². The Labute approximate surface area is 261 Å². The number of hydrogen-bond donors (Lipinski definition) is 0. The van der Waals surface area contributed by atoms with Gasteiger partial charge in [0.15, 0.2) is 6.29 Å². The minimum Gasteiger partial charge on any atom is -0.374 e. The maximum absolute atomic E-state index is 13.4. The van der Waals surface area contributed by atoms with Crippen molar-refractivity contribution < 1.29 is 41.6 Å². The van der Waals surface area contributed by atoms with Crippen LogP contribution in [-0.2, 0) is 54.8 Å². The van der Waals surface area contributed by atoms with E-state index in [4.69, 9.17) is 28.4 Å². The number of rotatable bonds is 15. The Morgan fingerprint density at radius 1 is 0.489 bits per heavy atom. The van der Waals surface area contributed by atoms with Crippen molar-refractivity contribution in [2.24, 2.45) is 0 Å². The predicted octanol–water partition coefficient (Wildman–Crippen LogP) is 7.26. The van der Waals surface area contributed by atoms with Gasteiger partial charge in [-0.25, -0.2) is 0 Å². The Bertz CT molecular complexity index is 1380. The molecule has 5 atom stereocenters. The van der Waals surface area contributed by atoms with Gasteiger partial charge in [-0.15, -0.1) is 0 Å². The van der Waals surface area contributed by atoms with Gasteiger partial charge >= 0.3 is 6.18 Å². The van der Waals surface area contributed by atoms with Crippen molar-refractivity contribution in [3.8, 4) is 0 Å². The smallest absolute Gasteiger partial charge is 0.374 e. The van der Waals surface area contributed by atoms with Crippen molar-refractivity contribution in [2.45, 2.75) is 63.3 Å². The molecule has 0 saturated carbocycles. The molecule has 1 saturated heterocycles. The van der Waals surface area contributed by atoms with Crippen LogP contribution in [0.25, 0.3) is 0 Å². The lowest BCUT2D eigenvalue weighted by Crippen LogP contribution is -2.62. The zero-order valence-electron chi connectivity index (χ0n) is 24.8. The molecule has 5 rings (SSSR count). The van der Waals surface area contributed by atoms with Crippen LogP contribution in [0.3, 0.4) is 0 Å². The zero-order valence-corrected chi connectivity index (χ0v) is 24.8. The molecule has 1 aliphatic heterocycles. The molecule has 1 heterocycles. The summed E-state index contributed by atoms with van der Waals surface area (Å²) < 4.78 is 77.2. The molecule has 1 aliphatic rings. The van der Waals surface area contributed by atoms with Crippen LogP contribution in [0.15, 0.2) is 121 Å². The molecule has 0 bridgehead atoms. The number of benzene rings is 4. The van der Waals surface area contributed by atoms with E-state index in [9.17, 15) is 13.2 Å². The SMILES string of the molecule is FC(F)(F)CO[C@H]1O[C@H](COCc2ccccc2)[C@@H](OCc2ccccc2)[C@H](OCc2ccccc2)[C@@H]1OCc1ccccc1. The van der Waals surface area contributed by atoms with Gasteiger partial charge in [0.25, 0.3) is 0 Å². The molecule has 45 heavy (non-hydrogen) atoms. The van der Waals surface area contributed by atoms with Gasteiger partial charge in [-0.1, -0.05) is 121 Å². The van der Waals surface area contributed by atoms with E-state index in [1.165, 1.54) is 0 Å². The lowest BCUT2D eigenvalue weighted by molar-refractivity contribution is -0.341. The number of alkyl halides is 3. The molecular formula is C36H37F3O6. The molecule has 0 aromatic heterocycles. The van der Waals surface area contributed by atoms with Gasteiger partial charge in [0.2, 0.25) is 0 Å². The summed E-state index contributed by atoms with van der Waals surface area (Å²) in [5.74, 6) is 0. The highest BCUT2D eigenvalue weighted by atomic mass is 19.4. The molecule has 0 aliphatic carbocycles. The van der Waals surface area contributed by atoms with Crippen LogP contribution in [0.5, 0.6) is 0 Å². The lowest BCUT2D eigenvalue weighted by atomic mass is 9.97. The molecule has 0 radical (unpaired) electrons. The van der Waals surface area contributed by atoms with E-state index in [0.717, 1.165) is 22.3 Å². The third-order valence-corrected chi connectivity index (χ3v) is 7.25. The molecule has 9 heteroatoms. The summed E-state index contributed by atoms with van der Waals surface area (Å²) in [5.41, 5.74) is 3.59. The fourth-order valence-electron chi connectivity index (χ4n) is 5.06. The molecule has 1 fully saturated rings. The van der Waals surface area contributed by atoms with E-state index in [2.05, 4.69) is 0 Å². The van der Waals surface area contributed by atoms with Crippen molar-refractivity contribution in [1.82, 2.24) is 0 Å². The van der Waals surface area contributed by atoms with Crippen LogP contribution in [-0.4, -0.2) is 50.1 Å². The summed E-state index contributed by atoms with van der Waals surface area (Å²) in [6.45, 7) is -0.714. The average Bonchev–Trinajstić information content (AvgIpc) is 3.06. The molecule has 0 unspecified atom stereocenters. The van der Waals surface area contributed by atoms with Crippen molar-refractivity contribution in [3.05, 3.63) is 144 Å². The third-order valence-electron chi connectivity index (χ3n) is 7.25. The topological polar surface area (TPSA) is 55.4 Å². The number of hydrogen-bond acceptors (Lipinski definition) is 6. The summed E-state index contributed by atoms with van der Waals surface area (Å²) >= 11 is 0. The summed E-state index contributed by atoms with van der Waals surface area (Å²) in [5, 5.41) is 0. The predicted molar refractivity (Wildman–Crippen MR) is 162 cm³/mol. The summed E-state index contributed by atoms with van der Waals surface area (Å²) in [6, 6.07) is 38.1. The summed E-state index contributed by atoms with van der Waals surface area (Å²) in [6.07, 6.45) is -9.49. The first kappa shape index (κ1) is 32.8. The van der Waals surface area contributed by atoms with Gasteiger partial charge in [-0.05, 0) is 22.3 Å². The normalized spacial score (nSPS) is 21.9. The Morgan fingerprint density at radius 3 is 1.33 bits per heavy atom. The van der Waals surface area contributed by atoms with Crippen molar-refractivity contribution in [3.63, 3.8) is 0 Å². The van der Waals surface area contributed by atoms with Crippen molar-refractivity contribution in [2.75, 3.05) is 13.2 Å². The van der Waals surface area contributed by atoms with E-state index in [-0.39, 0.29) is 33.0 Å². The van der Waals surface area contributed by atoms with Gasteiger partial charge in [0.05, 0.1) is 33.0 Å². The quantitative estimate of drug-likeness (QED) is 0.139. The van der Waals surface area contributed by atoms with E-state index < -0.39 is 43.5 Å². The van der Waals surface area contributed by atoms with Gasteiger partial charge in [-0.2, -0.15) is 13.2 Å². The Balaban J connectivity index is 1.43. The molecule has 238 valence electrons. The monoisotopic (exact) mass is 622 g/mol. The first-order valence-corrected chi connectivity index (χ1v) is 14.9. The van der Waals surface area contributed by atoms with Crippen molar-refractivity contribution in [1.29, 1.82) is 0 Å². The maximum atomic E-state index is 13.4. The molecule has 0 N–H and O–H groups in total. The summed E-state index contributed by atoms with van der Waals surface area (Å²) in [4.78, 5) is 0. The first-order valence-electron chi connectivity index (χ1n) is 14.9.